The smallest absolute Gasteiger partial charge is 0.326 e. The lowest BCUT2D eigenvalue weighted by Crippen LogP contribution is -2.35. The lowest BCUT2D eigenvalue weighted by atomic mass is 10.2. The number of halogens is 2. The molecule has 0 unspecified atom stereocenters. The third kappa shape index (κ3) is 5.95. The van der Waals surface area contributed by atoms with Gasteiger partial charge in [-0.15, -0.1) is 0 Å². The van der Waals surface area contributed by atoms with Crippen LogP contribution in [-0.2, 0) is 14.3 Å². The standard InChI is InChI=1S/C19H18ClFN2O5/c1-11(18(25)23-15-9-13(20)5-8-16(15)27-2)28-17(24)10-22-19(26)12-3-6-14(21)7-4-12/h3-9,11H,10H2,1-2H3,(H,22,26)(H,23,25)/t11-/m1/s1. The van der Waals surface area contributed by atoms with Crippen LogP contribution in [0.3, 0.4) is 0 Å². The predicted molar refractivity (Wildman–Crippen MR) is 101 cm³/mol. The molecule has 28 heavy (non-hydrogen) atoms. The minimum Gasteiger partial charge on any atom is -0.495 e. The first-order valence-corrected chi connectivity index (χ1v) is 8.55. The summed E-state index contributed by atoms with van der Waals surface area (Å²) < 4.78 is 23.0. The van der Waals surface area contributed by atoms with Gasteiger partial charge in [0.25, 0.3) is 11.8 Å². The van der Waals surface area contributed by atoms with Gasteiger partial charge in [0.2, 0.25) is 0 Å². The molecule has 0 radical (unpaired) electrons. The van der Waals surface area contributed by atoms with Crippen molar-refractivity contribution in [3.05, 3.63) is 58.9 Å². The van der Waals surface area contributed by atoms with Gasteiger partial charge >= 0.3 is 5.97 Å². The van der Waals surface area contributed by atoms with Crippen molar-refractivity contribution in [3.63, 3.8) is 0 Å². The minimum atomic E-state index is -1.13. The zero-order valence-electron chi connectivity index (χ0n) is 15.1. The van der Waals surface area contributed by atoms with E-state index in [9.17, 15) is 18.8 Å². The van der Waals surface area contributed by atoms with E-state index in [1.165, 1.54) is 32.2 Å². The Hall–Kier alpha value is -3.13. The first kappa shape index (κ1) is 21.2. The van der Waals surface area contributed by atoms with Crippen molar-refractivity contribution < 1.29 is 28.2 Å². The van der Waals surface area contributed by atoms with E-state index in [2.05, 4.69) is 10.6 Å². The summed E-state index contributed by atoms with van der Waals surface area (Å²) in [7, 11) is 1.44. The second-order valence-corrected chi connectivity index (χ2v) is 6.09. The van der Waals surface area contributed by atoms with Crippen LogP contribution in [0.5, 0.6) is 5.75 Å². The Labute approximate surface area is 165 Å². The van der Waals surface area contributed by atoms with Gasteiger partial charge in [-0.1, -0.05) is 11.6 Å². The summed E-state index contributed by atoms with van der Waals surface area (Å²) in [5.41, 5.74) is 0.514. The summed E-state index contributed by atoms with van der Waals surface area (Å²) in [6.45, 7) is 0.931. The lowest BCUT2D eigenvalue weighted by molar-refractivity contribution is -0.152. The number of hydrogen-bond donors (Lipinski definition) is 2. The molecule has 1 atom stereocenters. The topological polar surface area (TPSA) is 93.7 Å². The summed E-state index contributed by atoms with van der Waals surface area (Å²) in [6, 6.07) is 9.50. The zero-order valence-corrected chi connectivity index (χ0v) is 15.9. The third-order valence-electron chi connectivity index (χ3n) is 3.60. The van der Waals surface area contributed by atoms with E-state index in [4.69, 9.17) is 21.1 Å². The molecule has 0 aliphatic carbocycles. The number of methoxy groups -OCH3 is 1. The number of nitrogens with one attached hydrogen (secondary N) is 2. The molecule has 2 aromatic carbocycles. The van der Waals surface area contributed by atoms with Gasteiger partial charge in [0.1, 0.15) is 18.1 Å². The summed E-state index contributed by atoms with van der Waals surface area (Å²) >= 11 is 5.90. The van der Waals surface area contributed by atoms with Gasteiger partial charge in [-0.05, 0) is 49.4 Å². The number of anilines is 1. The van der Waals surface area contributed by atoms with Gasteiger partial charge in [0, 0.05) is 10.6 Å². The number of hydrogen-bond acceptors (Lipinski definition) is 5. The Balaban J connectivity index is 1.86. The maximum Gasteiger partial charge on any atom is 0.326 e. The summed E-state index contributed by atoms with van der Waals surface area (Å²) in [4.78, 5) is 35.9. The Kier molecular flexibility index (Phi) is 7.34. The van der Waals surface area contributed by atoms with Crippen molar-refractivity contribution in [1.29, 1.82) is 0 Å². The van der Waals surface area contributed by atoms with Crippen LogP contribution in [0.15, 0.2) is 42.5 Å². The van der Waals surface area contributed by atoms with Crippen molar-refractivity contribution >= 4 is 35.1 Å². The maximum absolute atomic E-state index is 12.9. The summed E-state index contributed by atoms with van der Waals surface area (Å²) in [6.07, 6.45) is -1.13. The molecule has 0 aliphatic heterocycles. The van der Waals surface area contributed by atoms with Crippen LogP contribution < -0.4 is 15.4 Å². The molecule has 148 valence electrons. The maximum atomic E-state index is 12.9. The van der Waals surface area contributed by atoms with E-state index < -0.39 is 36.2 Å². The SMILES string of the molecule is COc1ccc(Cl)cc1NC(=O)[C@@H](C)OC(=O)CNC(=O)c1ccc(F)cc1. The van der Waals surface area contributed by atoms with E-state index in [1.807, 2.05) is 0 Å². The second-order valence-electron chi connectivity index (χ2n) is 5.66. The highest BCUT2D eigenvalue weighted by Crippen LogP contribution is 2.27. The fourth-order valence-corrected chi connectivity index (χ4v) is 2.33. The van der Waals surface area contributed by atoms with E-state index in [0.29, 0.717) is 16.5 Å². The number of rotatable bonds is 7. The molecule has 2 aromatic rings. The Morgan fingerprint density at radius 1 is 1.14 bits per heavy atom. The lowest BCUT2D eigenvalue weighted by Gasteiger charge is -2.15. The minimum absolute atomic E-state index is 0.188. The molecule has 0 aliphatic rings. The first-order chi connectivity index (χ1) is 13.3. The normalized spacial score (nSPS) is 11.3. The quantitative estimate of drug-likeness (QED) is 0.687. The van der Waals surface area contributed by atoms with Crippen molar-refractivity contribution in [2.45, 2.75) is 13.0 Å². The third-order valence-corrected chi connectivity index (χ3v) is 3.83. The van der Waals surface area contributed by atoms with Crippen LogP contribution in [0.2, 0.25) is 5.02 Å². The Bertz CT molecular complexity index is 873. The van der Waals surface area contributed by atoms with Gasteiger partial charge in [-0.25, -0.2) is 4.39 Å². The summed E-state index contributed by atoms with van der Waals surface area (Å²) in [5.74, 6) is -2.07. The van der Waals surface area contributed by atoms with Gasteiger partial charge < -0.3 is 20.1 Å². The van der Waals surface area contributed by atoms with Gasteiger partial charge in [-0.3, -0.25) is 14.4 Å². The fraction of sp³-hybridized carbons (Fsp3) is 0.211. The average Bonchev–Trinajstić information content (AvgIpc) is 2.66. The number of benzene rings is 2. The molecule has 0 fully saturated rings. The van der Waals surface area contributed by atoms with Crippen molar-refractivity contribution in [2.24, 2.45) is 0 Å². The highest BCUT2D eigenvalue weighted by molar-refractivity contribution is 6.31. The van der Waals surface area contributed by atoms with Crippen molar-refractivity contribution in [3.8, 4) is 5.75 Å². The van der Waals surface area contributed by atoms with E-state index in [0.717, 1.165) is 12.1 Å². The van der Waals surface area contributed by atoms with E-state index >= 15 is 0 Å². The highest BCUT2D eigenvalue weighted by atomic mass is 35.5. The number of amides is 2. The van der Waals surface area contributed by atoms with Crippen molar-refractivity contribution in [1.82, 2.24) is 5.32 Å². The molecule has 2 N–H and O–H groups in total. The first-order valence-electron chi connectivity index (χ1n) is 8.18. The largest absolute Gasteiger partial charge is 0.495 e. The zero-order chi connectivity index (χ0) is 20.7. The molecule has 2 amide bonds. The molecule has 7 nitrogen and oxygen atoms in total. The van der Waals surface area contributed by atoms with Gasteiger partial charge in [0.05, 0.1) is 12.8 Å². The second kappa shape index (κ2) is 9.70. The molecule has 0 saturated heterocycles. The number of carbonyl (C=O) groups is 3. The average molecular weight is 409 g/mol. The number of ether oxygens (including phenoxy) is 2. The summed E-state index contributed by atoms with van der Waals surface area (Å²) in [5, 5.41) is 5.28. The predicted octanol–water partition coefficient (Wildman–Crippen LogP) is 2.79. The molecule has 9 heteroatoms. The number of esters is 1. The molecule has 0 spiro atoms. The van der Waals surface area contributed by atoms with Crippen LogP contribution in [0, 0.1) is 5.82 Å². The Morgan fingerprint density at radius 2 is 1.82 bits per heavy atom. The molecule has 2 rings (SSSR count). The van der Waals surface area contributed by atoms with Crippen molar-refractivity contribution in [2.75, 3.05) is 19.0 Å². The fourth-order valence-electron chi connectivity index (χ4n) is 2.16. The number of carbonyl (C=O) groups excluding carboxylic acids is 3. The van der Waals surface area contributed by atoms with Crippen LogP contribution >= 0.6 is 11.6 Å². The highest BCUT2D eigenvalue weighted by Gasteiger charge is 2.20. The van der Waals surface area contributed by atoms with E-state index in [-0.39, 0.29) is 5.56 Å². The van der Waals surface area contributed by atoms with Crippen LogP contribution in [0.25, 0.3) is 0 Å². The van der Waals surface area contributed by atoms with Crippen LogP contribution in [0.4, 0.5) is 10.1 Å². The van der Waals surface area contributed by atoms with Gasteiger partial charge in [-0.2, -0.15) is 0 Å². The van der Waals surface area contributed by atoms with Gasteiger partial charge in [0.15, 0.2) is 6.10 Å². The molecule has 0 aromatic heterocycles. The van der Waals surface area contributed by atoms with Crippen LogP contribution in [0.1, 0.15) is 17.3 Å². The monoisotopic (exact) mass is 408 g/mol. The molecular weight excluding hydrogens is 391 g/mol. The van der Waals surface area contributed by atoms with E-state index in [1.54, 1.807) is 12.1 Å². The van der Waals surface area contributed by atoms with Crippen LogP contribution in [-0.4, -0.2) is 37.5 Å². The molecule has 0 heterocycles. The Morgan fingerprint density at radius 3 is 2.46 bits per heavy atom. The molecule has 0 bridgehead atoms. The molecular formula is C19H18ClFN2O5. The molecule has 0 saturated carbocycles.